The summed E-state index contributed by atoms with van der Waals surface area (Å²) < 4.78 is 1.71. The van der Waals surface area contributed by atoms with Crippen molar-refractivity contribution in [3.63, 3.8) is 0 Å². The van der Waals surface area contributed by atoms with E-state index in [1.165, 1.54) is 6.20 Å². The number of imidazole rings is 1. The Morgan fingerprint density at radius 1 is 1.29 bits per heavy atom. The number of aromatic amines is 1. The number of pyridine rings is 1. The molecule has 0 saturated heterocycles. The normalized spacial score (nSPS) is 11.3. The minimum absolute atomic E-state index is 0.0358. The second-order valence-corrected chi connectivity index (χ2v) is 6.06. The lowest BCUT2D eigenvalue weighted by atomic mass is 10.00. The first-order valence-corrected chi connectivity index (χ1v) is 8.33. The number of nitrogens with zero attached hydrogens (tertiary/aromatic N) is 2. The number of carbonyl (C=O) groups is 1. The molecule has 0 aliphatic carbocycles. The van der Waals surface area contributed by atoms with Crippen LogP contribution in [-0.4, -0.2) is 20.8 Å². The second kappa shape index (κ2) is 6.61. The van der Waals surface area contributed by atoms with Crippen molar-refractivity contribution >= 4 is 29.1 Å². The summed E-state index contributed by atoms with van der Waals surface area (Å²) in [5.74, 6) is 0. The van der Waals surface area contributed by atoms with Crippen LogP contribution in [0, 0.1) is 0 Å². The first kappa shape index (κ1) is 16.5. The fourth-order valence-electron chi connectivity index (χ4n) is 3.15. The number of nitrogens with one attached hydrogen (secondary N) is 1. The van der Waals surface area contributed by atoms with Crippen molar-refractivity contribution in [2.24, 2.45) is 0 Å². The maximum atomic E-state index is 12.5. The number of aromatic nitrogens is 3. The average Bonchev–Trinajstić information content (AvgIpc) is 2.93. The maximum Gasteiger partial charge on any atom is 0.327 e. The molecule has 3 aromatic rings. The molecule has 2 aromatic heterocycles. The molecule has 3 rings (SSSR count). The van der Waals surface area contributed by atoms with E-state index in [1.807, 2.05) is 26.0 Å². The maximum absolute atomic E-state index is 12.5. The highest BCUT2D eigenvalue weighted by Gasteiger charge is 2.21. The van der Waals surface area contributed by atoms with Gasteiger partial charge < -0.3 is 0 Å². The van der Waals surface area contributed by atoms with Crippen molar-refractivity contribution in [2.45, 2.75) is 32.7 Å². The Morgan fingerprint density at radius 3 is 2.67 bits per heavy atom. The lowest BCUT2D eigenvalue weighted by Crippen LogP contribution is -2.21. The van der Waals surface area contributed by atoms with Gasteiger partial charge in [0.1, 0.15) is 0 Å². The standard InChI is InChI=1S/C18H18ClN3O2/c1-3-12(4-2)22-16-15(13-8-6-5-7-11(13)10-23)14(19)9-20-17(16)21-18(22)24/h5-10,12H,3-4H2,1-2H3,(H,20,21,24). The van der Waals surface area contributed by atoms with Gasteiger partial charge in [-0.25, -0.2) is 9.78 Å². The van der Waals surface area contributed by atoms with Crippen molar-refractivity contribution in [3.8, 4) is 11.1 Å². The van der Waals surface area contributed by atoms with Crippen LogP contribution in [0.5, 0.6) is 0 Å². The third kappa shape index (κ3) is 2.55. The third-order valence-corrected chi connectivity index (χ3v) is 4.64. The molecule has 0 aliphatic heterocycles. The number of fused-ring (bicyclic) bond motifs is 1. The highest BCUT2D eigenvalue weighted by atomic mass is 35.5. The zero-order chi connectivity index (χ0) is 17.3. The number of benzene rings is 1. The SMILES string of the molecule is CCC(CC)n1c(=O)[nH]c2ncc(Cl)c(-c3ccccc3C=O)c21. The van der Waals surface area contributed by atoms with Crippen LogP contribution in [0.2, 0.25) is 5.02 Å². The van der Waals surface area contributed by atoms with Gasteiger partial charge in [0.2, 0.25) is 0 Å². The van der Waals surface area contributed by atoms with E-state index in [1.54, 1.807) is 16.7 Å². The van der Waals surface area contributed by atoms with Gasteiger partial charge in [0.25, 0.3) is 0 Å². The molecule has 1 N–H and O–H groups in total. The number of halogens is 1. The largest absolute Gasteiger partial charge is 0.327 e. The van der Waals surface area contributed by atoms with Crippen LogP contribution >= 0.6 is 11.6 Å². The van der Waals surface area contributed by atoms with Crippen molar-refractivity contribution in [1.29, 1.82) is 0 Å². The molecule has 2 heterocycles. The van der Waals surface area contributed by atoms with Crippen molar-refractivity contribution in [2.75, 3.05) is 0 Å². The van der Waals surface area contributed by atoms with Gasteiger partial charge >= 0.3 is 5.69 Å². The highest BCUT2D eigenvalue weighted by molar-refractivity contribution is 6.34. The molecule has 0 aliphatic rings. The Morgan fingerprint density at radius 2 is 2.00 bits per heavy atom. The summed E-state index contributed by atoms with van der Waals surface area (Å²) in [6.45, 7) is 4.08. The second-order valence-electron chi connectivity index (χ2n) is 5.65. The molecule has 1 aromatic carbocycles. The summed E-state index contributed by atoms with van der Waals surface area (Å²) in [5, 5.41) is 0.413. The first-order chi connectivity index (χ1) is 11.6. The van der Waals surface area contributed by atoms with Crippen LogP contribution in [0.4, 0.5) is 0 Å². The average molecular weight is 344 g/mol. The van der Waals surface area contributed by atoms with Crippen LogP contribution in [0.3, 0.4) is 0 Å². The van der Waals surface area contributed by atoms with E-state index in [9.17, 15) is 9.59 Å². The topological polar surface area (TPSA) is 67.8 Å². The zero-order valence-corrected chi connectivity index (χ0v) is 14.3. The molecule has 0 atom stereocenters. The predicted molar refractivity (Wildman–Crippen MR) is 95.8 cm³/mol. The quantitative estimate of drug-likeness (QED) is 0.705. The first-order valence-electron chi connectivity index (χ1n) is 7.95. The van der Waals surface area contributed by atoms with Gasteiger partial charge in [-0.1, -0.05) is 49.7 Å². The van der Waals surface area contributed by atoms with E-state index in [0.717, 1.165) is 19.1 Å². The molecule has 124 valence electrons. The summed E-state index contributed by atoms with van der Waals surface area (Å²) >= 11 is 6.43. The Kier molecular flexibility index (Phi) is 4.53. The molecular weight excluding hydrogens is 326 g/mol. The van der Waals surface area contributed by atoms with Crippen molar-refractivity contribution in [3.05, 3.63) is 51.5 Å². The third-order valence-electron chi connectivity index (χ3n) is 4.36. The summed E-state index contributed by atoms with van der Waals surface area (Å²) in [4.78, 5) is 31.0. The molecule has 0 saturated carbocycles. The van der Waals surface area contributed by atoms with Crippen LogP contribution < -0.4 is 5.69 Å². The van der Waals surface area contributed by atoms with E-state index in [0.29, 0.717) is 32.9 Å². The summed E-state index contributed by atoms with van der Waals surface area (Å²) in [5.41, 5.74) is 2.80. The van der Waals surface area contributed by atoms with Gasteiger partial charge in [-0.05, 0) is 18.4 Å². The summed E-state index contributed by atoms with van der Waals surface area (Å²) in [6, 6.07) is 7.24. The van der Waals surface area contributed by atoms with Gasteiger partial charge in [-0.3, -0.25) is 14.3 Å². The minimum Gasteiger partial charge on any atom is -0.298 e. The Bertz CT molecular complexity index is 955. The van der Waals surface area contributed by atoms with E-state index in [2.05, 4.69) is 9.97 Å². The van der Waals surface area contributed by atoms with Crippen molar-refractivity contribution in [1.82, 2.24) is 14.5 Å². The van der Waals surface area contributed by atoms with E-state index >= 15 is 0 Å². The van der Waals surface area contributed by atoms with Crippen LogP contribution in [0.1, 0.15) is 43.1 Å². The van der Waals surface area contributed by atoms with Gasteiger partial charge in [0, 0.05) is 23.4 Å². The van der Waals surface area contributed by atoms with Gasteiger partial charge in [-0.2, -0.15) is 0 Å². The smallest absolute Gasteiger partial charge is 0.298 e. The van der Waals surface area contributed by atoms with Crippen LogP contribution in [0.15, 0.2) is 35.3 Å². The van der Waals surface area contributed by atoms with Crippen LogP contribution in [0.25, 0.3) is 22.3 Å². The number of aldehydes is 1. The molecule has 0 radical (unpaired) electrons. The van der Waals surface area contributed by atoms with Gasteiger partial charge in [0.05, 0.1) is 10.5 Å². The number of hydrogen-bond donors (Lipinski definition) is 1. The molecule has 0 amide bonds. The molecule has 0 unspecified atom stereocenters. The van der Waals surface area contributed by atoms with Gasteiger partial charge in [0.15, 0.2) is 11.9 Å². The highest BCUT2D eigenvalue weighted by Crippen LogP contribution is 2.36. The molecule has 0 spiro atoms. The molecule has 0 fully saturated rings. The Balaban J connectivity index is 2.45. The van der Waals surface area contributed by atoms with E-state index < -0.39 is 0 Å². The lowest BCUT2D eigenvalue weighted by Gasteiger charge is -2.17. The number of H-pyrrole nitrogens is 1. The van der Waals surface area contributed by atoms with Crippen molar-refractivity contribution < 1.29 is 4.79 Å². The number of carbonyl (C=O) groups excluding carboxylic acids is 1. The molecule has 5 nitrogen and oxygen atoms in total. The van der Waals surface area contributed by atoms with Crippen LogP contribution in [-0.2, 0) is 0 Å². The minimum atomic E-state index is -0.210. The lowest BCUT2D eigenvalue weighted by molar-refractivity contribution is 0.112. The van der Waals surface area contributed by atoms with E-state index in [4.69, 9.17) is 11.6 Å². The summed E-state index contributed by atoms with van der Waals surface area (Å²) in [6.07, 6.45) is 3.92. The van der Waals surface area contributed by atoms with Gasteiger partial charge in [-0.15, -0.1) is 0 Å². The van der Waals surface area contributed by atoms with E-state index in [-0.39, 0.29) is 11.7 Å². The molecule has 24 heavy (non-hydrogen) atoms. The number of rotatable bonds is 5. The Hall–Kier alpha value is -2.40. The Labute approximate surface area is 144 Å². The summed E-state index contributed by atoms with van der Waals surface area (Å²) in [7, 11) is 0. The predicted octanol–water partition coefficient (Wildman–Crippen LogP) is 4.22. The fourth-order valence-corrected chi connectivity index (χ4v) is 3.39. The zero-order valence-electron chi connectivity index (χ0n) is 13.5. The monoisotopic (exact) mass is 343 g/mol. The fraction of sp³-hybridized carbons (Fsp3) is 0.278. The molecule has 0 bridgehead atoms. The molecule has 6 heteroatoms. The molecular formula is C18H18ClN3O2. The number of hydrogen-bond acceptors (Lipinski definition) is 3.